The van der Waals surface area contributed by atoms with E-state index in [1.165, 1.54) is 5.56 Å². The van der Waals surface area contributed by atoms with E-state index in [4.69, 9.17) is 4.74 Å². The minimum atomic E-state index is -0.164. The zero-order valence-electron chi connectivity index (χ0n) is 11.6. The molecular formula is C16H19NO2. The lowest BCUT2D eigenvalue weighted by Crippen LogP contribution is -2.09. The number of nitrogens with zero attached hydrogens (tertiary/aromatic N) is 1. The van der Waals surface area contributed by atoms with Crippen molar-refractivity contribution in [3.63, 3.8) is 0 Å². The smallest absolute Gasteiger partial charge is 0.306 e. The Balaban J connectivity index is 2.27. The molecule has 0 fully saturated rings. The minimum absolute atomic E-state index is 0.0716. The van der Waals surface area contributed by atoms with Crippen LogP contribution in [0.25, 0.3) is 10.9 Å². The SMILES string of the molecule is CCOC(=O)CC(C)c1cc(C)c2ccccc2n1. The Hall–Kier alpha value is -1.90. The van der Waals surface area contributed by atoms with Gasteiger partial charge >= 0.3 is 5.97 Å². The number of fused-ring (bicyclic) bond motifs is 1. The van der Waals surface area contributed by atoms with Crippen molar-refractivity contribution in [3.8, 4) is 0 Å². The maximum atomic E-state index is 11.5. The standard InChI is InChI=1S/C16H19NO2/c1-4-19-16(18)10-12(3)15-9-11(2)13-7-5-6-8-14(13)17-15/h5-9,12H,4,10H2,1-3H3. The molecule has 1 aromatic carbocycles. The van der Waals surface area contributed by atoms with Gasteiger partial charge in [0.05, 0.1) is 18.5 Å². The van der Waals surface area contributed by atoms with Gasteiger partial charge in [-0.2, -0.15) is 0 Å². The molecule has 0 bridgehead atoms. The van der Waals surface area contributed by atoms with E-state index < -0.39 is 0 Å². The number of aryl methyl sites for hydroxylation is 1. The highest BCUT2D eigenvalue weighted by atomic mass is 16.5. The maximum Gasteiger partial charge on any atom is 0.306 e. The number of aromatic nitrogens is 1. The molecule has 1 atom stereocenters. The molecule has 1 unspecified atom stereocenters. The van der Waals surface area contributed by atoms with Crippen LogP contribution in [-0.2, 0) is 9.53 Å². The maximum absolute atomic E-state index is 11.5. The van der Waals surface area contributed by atoms with Gasteiger partial charge < -0.3 is 4.74 Å². The summed E-state index contributed by atoms with van der Waals surface area (Å²) in [5.41, 5.74) is 3.12. The summed E-state index contributed by atoms with van der Waals surface area (Å²) in [5, 5.41) is 1.16. The van der Waals surface area contributed by atoms with Gasteiger partial charge in [0.2, 0.25) is 0 Å². The molecule has 1 aromatic heterocycles. The highest BCUT2D eigenvalue weighted by molar-refractivity contribution is 5.82. The summed E-state index contributed by atoms with van der Waals surface area (Å²) in [7, 11) is 0. The third-order valence-corrected chi connectivity index (χ3v) is 3.23. The van der Waals surface area contributed by atoms with Gasteiger partial charge in [0, 0.05) is 17.0 Å². The summed E-state index contributed by atoms with van der Waals surface area (Å²) >= 11 is 0. The van der Waals surface area contributed by atoms with Crippen LogP contribution in [0.4, 0.5) is 0 Å². The average molecular weight is 257 g/mol. The predicted octanol–water partition coefficient (Wildman–Crippen LogP) is 3.60. The van der Waals surface area contributed by atoms with Crippen molar-refractivity contribution in [3.05, 3.63) is 41.6 Å². The van der Waals surface area contributed by atoms with Crippen molar-refractivity contribution in [1.29, 1.82) is 0 Å². The Bertz CT molecular complexity index is 592. The van der Waals surface area contributed by atoms with Crippen molar-refractivity contribution < 1.29 is 9.53 Å². The molecular weight excluding hydrogens is 238 g/mol. The van der Waals surface area contributed by atoms with Crippen LogP contribution in [0.1, 0.15) is 37.4 Å². The van der Waals surface area contributed by atoms with Crippen LogP contribution in [0.15, 0.2) is 30.3 Å². The number of ether oxygens (including phenoxy) is 1. The first-order valence-corrected chi connectivity index (χ1v) is 6.63. The number of carbonyl (C=O) groups excluding carboxylic acids is 1. The summed E-state index contributed by atoms with van der Waals surface area (Å²) in [6.07, 6.45) is 0.374. The lowest BCUT2D eigenvalue weighted by Gasteiger charge is -2.12. The zero-order chi connectivity index (χ0) is 13.8. The molecule has 100 valence electrons. The summed E-state index contributed by atoms with van der Waals surface area (Å²) in [5.74, 6) is -0.0926. The monoisotopic (exact) mass is 257 g/mol. The zero-order valence-corrected chi connectivity index (χ0v) is 11.6. The van der Waals surface area contributed by atoms with Crippen molar-refractivity contribution in [2.45, 2.75) is 33.1 Å². The van der Waals surface area contributed by atoms with E-state index in [1.807, 2.05) is 32.0 Å². The van der Waals surface area contributed by atoms with Crippen LogP contribution in [0, 0.1) is 6.92 Å². The third-order valence-electron chi connectivity index (χ3n) is 3.23. The van der Waals surface area contributed by atoms with E-state index in [2.05, 4.69) is 24.0 Å². The second-order valence-corrected chi connectivity index (χ2v) is 4.79. The van der Waals surface area contributed by atoms with E-state index >= 15 is 0 Å². The van der Waals surface area contributed by atoms with Crippen LogP contribution in [0.3, 0.4) is 0 Å². The fourth-order valence-corrected chi connectivity index (χ4v) is 2.20. The first-order chi connectivity index (χ1) is 9.11. The van der Waals surface area contributed by atoms with Gasteiger partial charge in [-0.25, -0.2) is 0 Å². The molecule has 0 aliphatic carbocycles. The highest BCUT2D eigenvalue weighted by Gasteiger charge is 2.14. The molecule has 0 saturated heterocycles. The van der Waals surface area contributed by atoms with Crippen LogP contribution in [0.2, 0.25) is 0 Å². The molecule has 0 aliphatic rings. The topological polar surface area (TPSA) is 39.2 Å². The fraction of sp³-hybridized carbons (Fsp3) is 0.375. The van der Waals surface area contributed by atoms with Gasteiger partial charge in [-0.1, -0.05) is 25.1 Å². The number of rotatable bonds is 4. The van der Waals surface area contributed by atoms with E-state index in [1.54, 1.807) is 0 Å². The summed E-state index contributed by atoms with van der Waals surface area (Å²) in [4.78, 5) is 16.2. The average Bonchev–Trinajstić information content (AvgIpc) is 2.39. The number of benzene rings is 1. The molecule has 0 spiro atoms. The number of hydrogen-bond acceptors (Lipinski definition) is 3. The number of para-hydroxylation sites is 1. The molecule has 1 heterocycles. The Morgan fingerprint density at radius 1 is 1.37 bits per heavy atom. The molecule has 2 rings (SSSR count). The lowest BCUT2D eigenvalue weighted by atomic mass is 10.00. The Morgan fingerprint density at radius 3 is 2.84 bits per heavy atom. The molecule has 0 radical (unpaired) electrons. The van der Waals surface area contributed by atoms with Crippen LogP contribution < -0.4 is 0 Å². The summed E-state index contributed by atoms with van der Waals surface area (Å²) in [6, 6.07) is 10.1. The van der Waals surface area contributed by atoms with Gasteiger partial charge in [0.1, 0.15) is 0 Å². The lowest BCUT2D eigenvalue weighted by molar-refractivity contribution is -0.143. The van der Waals surface area contributed by atoms with E-state index in [9.17, 15) is 4.79 Å². The number of pyridine rings is 1. The van der Waals surface area contributed by atoms with Crippen LogP contribution in [-0.4, -0.2) is 17.6 Å². The molecule has 0 N–H and O–H groups in total. The van der Waals surface area contributed by atoms with E-state index in [0.717, 1.165) is 16.6 Å². The third kappa shape index (κ3) is 3.11. The Kier molecular flexibility index (Phi) is 4.15. The van der Waals surface area contributed by atoms with Crippen molar-refractivity contribution in [2.24, 2.45) is 0 Å². The van der Waals surface area contributed by atoms with E-state index in [0.29, 0.717) is 13.0 Å². The summed E-state index contributed by atoms with van der Waals surface area (Å²) in [6.45, 7) is 6.33. The fourth-order valence-electron chi connectivity index (χ4n) is 2.20. The van der Waals surface area contributed by atoms with Gasteiger partial charge in [0.25, 0.3) is 0 Å². The number of esters is 1. The molecule has 3 nitrogen and oxygen atoms in total. The Morgan fingerprint density at radius 2 is 2.11 bits per heavy atom. The van der Waals surface area contributed by atoms with Gasteiger partial charge in [-0.15, -0.1) is 0 Å². The molecule has 0 amide bonds. The van der Waals surface area contributed by atoms with Crippen molar-refractivity contribution in [2.75, 3.05) is 6.61 Å². The van der Waals surface area contributed by atoms with Gasteiger partial charge in [-0.05, 0) is 31.5 Å². The highest BCUT2D eigenvalue weighted by Crippen LogP contribution is 2.23. The van der Waals surface area contributed by atoms with Crippen molar-refractivity contribution >= 4 is 16.9 Å². The van der Waals surface area contributed by atoms with Gasteiger partial charge in [-0.3, -0.25) is 9.78 Å². The molecule has 3 heteroatoms. The predicted molar refractivity (Wildman–Crippen MR) is 76.1 cm³/mol. The van der Waals surface area contributed by atoms with Crippen LogP contribution in [0.5, 0.6) is 0 Å². The van der Waals surface area contributed by atoms with Gasteiger partial charge in [0.15, 0.2) is 0 Å². The minimum Gasteiger partial charge on any atom is -0.466 e. The molecule has 2 aromatic rings. The first kappa shape index (κ1) is 13.5. The van der Waals surface area contributed by atoms with Crippen LogP contribution >= 0.6 is 0 Å². The normalized spacial score (nSPS) is 12.4. The first-order valence-electron chi connectivity index (χ1n) is 6.63. The second-order valence-electron chi connectivity index (χ2n) is 4.79. The molecule has 19 heavy (non-hydrogen) atoms. The molecule has 0 aliphatic heterocycles. The Labute approximate surface area is 113 Å². The quantitative estimate of drug-likeness (QED) is 0.786. The molecule has 0 saturated carbocycles. The number of carbonyl (C=O) groups is 1. The van der Waals surface area contributed by atoms with Crippen molar-refractivity contribution in [1.82, 2.24) is 4.98 Å². The second kappa shape index (κ2) is 5.83. The summed E-state index contributed by atoms with van der Waals surface area (Å²) < 4.78 is 4.99. The van der Waals surface area contributed by atoms with E-state index in [-0.39, 0.29) is 11.9 Å². The number of hydrogen-bond donors (Lipinski definition) is 0. The largest absolute Gasteiger partial charge is 0.466 e.